The number of aliphatic hydroxyl groups is 6. The molecule has 2 fully saturated rings. The minimum Gasteiger partial charge on any atom is -0.508 e. The number of carbonyl (C=O) groups is 9. The zero-order valence-electron chi connectivity index (χ0n) is 66.9. The number of alkyl halides is 3. The highest BCUT2D eigenvalue weighted by Crippen LogP contribution is 2.51. The third kappa shape index (κ3) is 21.0. The van der Waals surface area contributed by atoms with E-state index in [0.717, 1.165) is 78.4 Å². The first-order valence-electron chi connectivity index (χ1n) is 39.7. The molecule has 0 saturated carbocycles. The van der Waals surface area contributed by atoms with Crippen molar-refractivity contribution >= 4 is 76.2 Å². The Hall–Kier alpha value is -10.7. The first-order chi connectivity index (χ1) is 58.2. The number of rotatable bonds is 20. The van der Waals surface area contributed by atoms with Crippen molar-refractivity contribution < 1.29 is 141 Å². The van der Waals surface area contributed by atoms with Crippen LogP contribution in [-0.2, 0) is 63.8 Å². The van der Waals surface area contributed by atoms with Crippen LogP contribution in [0, 0.1) is 17.8 Å². The van der Waals surface area contributed by atoms with Gasteiger partial charge in [0, 0.05) is 73.0 Å². The molecule has 8 aliphatic heterocycles. The molecule has 0 radical (unpaired) electrons. The molecule has 8 heterocycles. The number of phenolic OH excluding ortho intramolecular Hbond substituents is 3. The smallest absolute Gasteiger partial charge is 0.508 e. The molecule has 3 unspecified atom stereocenters. The van der Waals surface area contributed by atoms with Crippen LogP contribution in [-0.4, -0.2) is 208 Å². The Balaban J connectivity index is 0.973. The standard InChI is InChI=1S/C85H94Cl2F3N7O26/c1-6-41(23-37(2)3)78(111)95-69-56(102)28-46(31-63(91)104)79(112)93-67-45-29-60(118-58-15-10-43(71(69)106)26-52(58)86)75(61(30-45)119-59-16-11-44(27-53(59)87)72(107)70-81(114)94-68(82(115)116)51-32-47(99)33-55(101)66(51)50-25-42(9-14-54(50)100)49(34-57(67)103)80(113)96-70)122-83-76(74(109)73(108)62(36-98)120-83)121-65-35-84(5,77(110)38(4)117-65)92-20-17-39-18-21-97(22-19-39)64(105)24-40-7-12-48(13-8-40)123-85(88,89)90/h7-16,18,25-27,29-30,32-33,37-38,41,46,49,62,65,67-74,76-77,83,92,98-101,106-110H,6,17,19-24,28,31,34-36H2,1-5H3,(H2,91,104)(H,93,112)(H,94,114)(H,95,111)(H,96,113)(H,115,116)/t38-,41+,46?,49?,62+,65-,67?,68+,69-,70-,71+,72+,73+,74-,76+,77+,83-,84-/m0/s1. The Morgan fingerprint density at radius 3 is 2.02 bits per heavy atom. The van der Waals surface area contributed by atoms with Crippen LogP contribution in [0.1, 0.15) is 150 Å². The largest absolute Gasteiger partial charge is 0.573 e. The van der Waals surface area contributed by atoms with Gasteiger partial charge < -0.3 is 121 Å². The van der Waals surface area contributed by atoms with E-state index in [1.54, 1.807) is 18.7 Å². The molecular formula is C85H94Cl2F3N7O26. The van der Waals surface area contributed by atoms with Crippen LogP contribution in [0.4, 0.5) is 13.2 Å². The fourth-order valence-corrected chi connectivity index (χ4v) is 16.6. The molecule has 18 atom stereocenters. The maximum absolute atomic E-state index is 16.4. The number of carboxylic acid groups (broad SMARTS) is 1. The molecule has 6 aromatic carbocycles. The van der Waals surface area contributed by atoms with E-state index in [2.05, 4.69) is 31.3 Å². The van der Waals surface area contributed by atoms with Crippen LogP contribution in [0.2, 0.25) is 10.0 Å². The van der Waals surface area contributed by atoms with E-state index in [4.69, 9.17) is 57.4 Å². The summed E-state index contributed by atoms with van der Waals surface area (Å²) in [6.07, 6.45) is -22.7. The van der Waals surface area contributed by atoms with Crippen LogP contribution in [0.15, 0.2) is 115 Å². The van der Waals surface area contributed by atoms with Crippen molar-refractivity contribution in [1.29, 1.82) is 0 Å². The molecule has 14 rings (SSSR count). The summed E-state index contributed by atoms with van der Waals surface area (Å²) in [5.74, 6) is -20.2. The SMILES string of the molecule is CC[C@H](CC(C)C)C(=O)N[C@H]1C(=O)CC(CC(N)=O)C(=O)NC2C(=O)CC3C(=O)N[C@H](C(=O)N[C@@H](C(=O)O)c4cc(O)cc(O)c4-c4cc3ccc4O)[C@H](O)c3ccc(c(Cl)c3)Oc3cc2cc(c3O[C@@H]2O[C@H](CO)[C@@H](O)[C@H](O)[C@H]2O[C@H]2C[C@](C)(NCCC3=CCN(C(=O)Cc4ccc(OC(F)(F)F)cc4)CC3)[C@H](O)[C@H](C)O2)Oc2ccc(cc2Cl)[C@H]1O. The van der Waals surface area contributed by atoms with Crippen molar-refractivity contribution in [2.24, 2.45) is 23.5 Å². The van der Waals surface area contributed by atoms with Gasteiger partial charge in [-0.05, 0) is 147 Å². The molecule has 2 saturated heterocycles. The van der Waals surface area contributed by atoms with Crippen molar-refractivity contribution in [3.63, 3.8) is 0 Å². The normalized spacial score (nSPS) is 27.2. The fraction of sp³-hybridized carbons (Fsp3) is 0.447. The molecule has 6 aromatic rings. The van der Waals surface area contributed by atoms with E-state index in [-0.39, 0.29) is 71.6 Å². The molecule has 38 heteroatoms. The highest BCUT2D eigenvalue weighted by atomic mass is 35.5. The summed E-state index contributed by atoms with van der Waals surface area (Å²) in [4.78, 5) is 134. The summed E-state index contributed by atoms with van der Waals surface area (Å²) in [5.41, 5.74) is 3.41. The highest BCUT2D eigenvalue weighted by Gasteiger charge is 2.53. The number of aromatic hydroxyl groups is 3. The van der Waals surface area contributed by atoms with Crippen molar-refractivity contribution in [2.45, 2.75) is 196 Å². The Kier molecular flexibility index (Phi) is 28.4. The van der Waals surface area contributed by atoms with Gasteiger partial charge in [-0.25, -0.2) is 4.79 Å². The number of ketones is 2. The second-order valence-electron chi connectivity index (χ2n) is 32.0. The Bertz CT molecular complexity index is 5060. The van der Waals surface area contributed by atoms with Gasteiger partial charge in [0.1, 0.15) is 83.1 Å². The van der Waals surface area contributed by atoms with Crippen molar-refractivity contribution in [3.8, 4) is 62.9 Å². The molecule has 11 bridgehead atoms. The monoisotopic (exact) mass is 1760 g/mol. The summed E-state index contributed by atoms with van der Waals surface area (Å²) < 4.78 is 81.8. The molecule has 660 valence electrons. The number of carbonyl (C=O) groups excluding carboxylic acids is 8. The van der Waals surface area contributed by atoms with Gasteiger partial charge in [-0.15, -0.1) is 13.2 Å². The molecule has 0 spiro atoms. The molecular weight excluding hydrogens is 1660 g/mol. The minimum absolute atomic E-state index is 0.0412. The number of primary amides is 1. The van der Waals surface area contributed by atoms with E-state index >= 15 is 19.2 Å². The molecule has 0 aliphatic carbocycles. The lowest BCUT2D eigenvalue weighted by atomic mass is 9.84. The Morgan fingerprint density at radius 2 is 1.41 bits per heavy atom. The van der Waals surface area contributed by atoms with Gasteiger partial charge in [-0.1, -0.05) is 86.0 Å². The molecule has 6 amide bonds. The molecule has 17 N–H and O–H groups in total. The number of carboxylic acids is 1. The lowest BCUT2D eigenvalue weighted by Crippen LogP contribution is -2.65. The number of aliphatic hydroxyl groups excluding tert-OH is 6. The summed E-state index contributed by atoms with van der Waals surface area (Å²) in [6, 6.07) is 10.3. The van der Waals surface area contributed by atoms with E-state index < -0.39 is 261 Å². The van der Waals surface area contributed by atoms with E-state index in [9.17, 15) is 88.2 Å². The average Bonchev–Trinajstić information content (AvgIpc) is 0.766. The highest BCUT2D eigenvalue weighted by molar-refractivity contribution is 6.32. The number of amides is 6. The Labute approximate surface area is 711 Å². The van der Waals surface area contributed by atoms with Gasteiger partial charge in [-0.3, -0.25) is 38.4 Å². The number of aliphatic carboxylic acids is 1. The third-order valence-electron chi connectivity index (χ3n) is 22.7. The van der Waals surface area contributed by atoms with Crippen molar-refractivity contribution in [3.05, 3.63) is 158 Å². The summed E-state index contributed by atoms with van der Waals surface area (Å²) >= 11 is 14.3. The predicted octanol–water partition coefficient (Wildman–Crippen LogP) is 6.84. The van der Waals surface area contributed by atoms with Gasteiger partial charge in [0.25, 0.3) is 0 Å². The second-order valence-corrected chi connectivity index (χ2v) is 32.8. The first kappa shape index (κ1) is 91.5. The fourth-order valence-electron chi connectivity index (χ4n) is 16.1. The van der Waals surface area contributed by atoms with Gasteiger partial charge in [-0.2, -0.15) is 0 Å². The van der Waals surface area contributed by atoms with E-state index in [1.807, 2.05) is 19.9 Å². The van der Waals surface area contributed by atoms with E-state index in [0.29, 0.717) is 31.4 Å². The van der Waals surface area contributed by atoms with Gasteiger partial charge in [0.2, 0.25) is 47.5 Å². The first-order valence-corrected chi connectivity index (χ1v) is 40.4. The summed E-state index contributed by atoms with van der Waals surface area (Å²) in [5, 5.41) is 129. The zero-order valence-corrected chi connectivity index (χ0v) is 68.4. The van der Waals surface area contributed by atoms with Crippen LogP contribution in [0.5, 0.6) is 51.7 Å². The number of fused-ring (bicyclic) bond motifs is 15. The van der Waals surface area contributed by atoms with Crippen LogP contribution in [0.25, 0.3) is 11.1 Å². The van der Waals surface area contributed by atoms with Crippen molar-refractivity contribution in [2.75, 3.05) is 26.2 Å². The number of hydrogen-bond donors (Lipinski definition) is 16. The second kappa shape index (κ2) is 38.2. The maximum atomic E-state index is 16.4. The average molecular weight is 1760 g/mol. The van der Waals surface area contributed by atoms with Gasteiger partial charge in [0.15, 0.2) is 41.5 Å². The summed E-state index contributed by atoms with van der Waals surface area (Å²) in [6.45, 7) is 8.45. The lowest BCUT2D eigenvalue weighted by Gasteiger charge is -2.48. The number of hydrogen-bond acceptors (Lipinski definition) is 26. The molecule has 0 aromatic heterocycles. The zero-order chi connectivity index (χ0) is 89.1. The molecule has 123 heavy (non-hydrogen) atoms. The predicted molar refractivity (Wildman–Crippen MR) is 427 cm³/mol. The molecule has 33 nitrogen and oxygen atoms in total. The number of Topliss-reactive ketones (excluding diaryl/α,β-unsaturated/α-hetero) is 2. The maximum Gasteiger partial charge on any atom is 0.573 e. The van der Waals surface area contributed by atoms with Crippen molar-refractivity contribution in [1.82, 2.24) is 31.5 Å². The van der Waals surface area contributed by atoms with Gasteiger partial charge >= 0.3 is 12.3 Å². The summed E-state index contributed by atoms with van der Waals surface area (Å²) in [7, 11) is 0. The number of nitrogens with zero attached hydrogens (tertiary/aromatic N) is 1. The van der Waals surface area contributed by atoms with E-state index in [1.165, 1.54) is 37.3 Å². The molecule has 8 aliphatic rings. The van der Waals surface area contributed by atoms with Gasteiger partial charge in [0.05, 0.1) is 47.1 Å². The third-order valence-corrected chi connectivity index (χ3v) is 23.3. The van der Waals surface area contributed by atoms with Crippen LogP contribution < -0.4 is 51.3 Å². The number of halogens is 5. The number of nitrogens with two attached hydrogens (primary N) is 1. The number of nitrogens with one attached hydrogen (secondary N) is 5. The topological polar surface area (TPSA) is 510 Å². The Morgan fingerprint density at radius 1 is 0.756 bits per heavy atom. The quantitative estimate of drug-likeness (QED) is 0.0348. The van der Waals surface area contributed by atoms with Crippen LogP contribution in [0.3, 0.4) is 0 Å². The van der Waals surface area contributed by atoms with Crippen LogP contribution >= 0.6 is 23.2 Å². The minimum atomic E-state index is -4.89. The number of ether oxygens (including phenoxy) is 7. The number of benzene rings is 6. The number of phenols is 3. The lowest BCUT2D eigenvalue weighted by molar-refractivity contribution is -0.334.